The summed E-state index contributed by atoms with van der Waals surface area (Å²) in [5.74, 6) is -0.0126. The molecule has 1 amide bonds. The van der Waals surface area contributed by atoms with Crippen molar-refractivity contribution in [2.75, 3.05) is 11.9 Å². The van der Waals surface area contributed by atoms with Gasteiger partial charge in [-0.1, -0.05) is 31.2 Å². The number of nitrogens with zero attached hydrogens (tertiary/aromatic N) is 3. The molecular weight excluding hydrogens is 454 g/mol. The predicted molar refractivity (Wildman–Crippen MR) is 146 cm³/mol. The highest BCUT2D eigenvalue weighted by Crippen LogP contribution is 2.41. The summed E-state index contributed by atoms with van der Waals surface area (Å²) in [5.41, 5.74) is 6.62. The van der Waals surface area contributed by atoms with Crippen molar-refractivity contribution in [2.45, 2.75) is 65.6 Å². The molecule has 0 spiro atoms. The lowest BCUT2D eigenvalue weighted by molar-refractivity contribution is -0.116. The highest BCUT2D eigenvalue weighted by molar-refractivity contribution is 7.80. The van der Waals surface area contributed by atoms with Crippen LogP contribution in [0.1, 0.15) is 73.5 Å². The van der Waals surface area contributed by atoms with Crippen LogP contribution >= 0.6 is 12.2 Å². The molecule has 4 rings (SSSR count). The highest BCUT2D eigenvalue weighted by Gasteiger charge is 2.41. The Balaban J connectivity index is 1.61. The summed E-state index contributed by atoms with van der Waals surface area (Å²) >= 11 is 5.80. The van der Waals surface area contributed by atoms with E-state index >= 15 is 0 Å². The fourth-order valence-corrected chi connectivity index (χ4v) is 5.60. The van der Waals surface area contributed by atoms with E-state index in [-0.39, 0.29) is 18.0 Å². The van der Waals surface area contributed by atoms with Gasteiger partial charge < -0.3 is 20.1 Å². The first-order chi connectivity index (χ1) is 16.8. The van der Waals surface area contributed by atoms with Gasteiger partial charge in [0.25, 0.3) is 0 Å². The number of benzene rings is 1. The molecule has 0 radical (unpaired) electrons. The first-order valence-corrected chi connectivity index (χ1v) is 12.8. The van der Waals surface area contributed by atoms with Crippen molar-refractivity contribution in [1.29, 1.82) is 0 Å². The zero-order chi connectivity index (χ0) is 25.1. The van der Waals surface area contributed by atoms with Gasteiger partial charge in [0.1, 0.15) is 0 Å². The van der Waals surface area contributed by atoms with E-state index in [4.69, 9.17) is 12.2 Å². The monoisotopic (exact) mass is 489 g/mol. The predicted octanol–water partition coefficient (Wildman–Crippen LogP) is 5.64. The largest absolute Gasteiger partial charge is 0.352 e. The van der Waals surface area contributed by atoms with Crippen LogP contribution in [0.4, 0.5) is 5.69 Å². The molecule has 1 aromatic carbocycles. The van der Waals surface area contributed by atoms with Crippen molar-refractivity contribution in [3.63, 3.8) is 0 Å². The SMILES string of the molecule is CCc1ccccc1NC(=O)CCN1C(=S)N[C@@H](c2ccccn2)[C@H]1c1cc(C)n(C(C)C)c1C. The lowest BCUT2D eigenvalue weighted by atomic mass is 9.96. The van der Waals surface area contributed by atoms with Crippen molar-refractivity contribution in [2.24, 2.45) is 0 Å². The molecular formula is C28H35N5OS. The molecule has 1 aliphatic heterocycles. The van der Waals surface area contributed by atoms with Gasteiger partial charge in [0, 0.05) is 42.3 Å². The van der Waals surface area contributed by atoms with Crippen molar-refractivity contribution in [1.82, 2.24) is 19.8 Å². The van der Waals surface area contributed by atoms with E-state index < -0.39 is 0 Å². The number of anilines is 1. The normalized spacial score (nSPS) is 17.7. The number of pyridine rings is 1. The molecule has 2 atom stereocenters. The number of thiocarbonyl (C=S) groups is 1. The molecule has 0 bridgehead atoms. The maximum Gasteiger partial charge on any atom is 0.226 e. The number of rotatable bonds is 8. The van der Waals surface area contributed by atoms with E-state index in [1.165, 1.54) is 17.0 Å². The topological polar surface area (TPSA) is 62.2 Å². The Hall–Kier alpha value is -3.19. The van der Waals surface area contributed by atoms with Crippen molar-refractivity contribution < 1.29 is 4.79 Å². The number of carbonyl (C=O) groups excluding carboxylic acids is 1. The van der Waals surface area contributed by atoms with Gasteiger partial charge in [-0.2, -0.15) is 0 Å². The zero-order valence-corrected chi connectivity index (χ0v) is 22.0. The van der Waals surface area contributed by atoms with Crippen LogP contribution in [-0.2, 0) is 11.2 Å². The van der Waals surface area contributed by atoms with Crippen LogP contribution in [0.15, 0.2) is 54.7 Å². The Morgan fingerprint density at radius 2 is 1.91 bits per heavy atom. The van der Waals surface area contributed by atoms with Crippen molar-refractivity contribution >= 4 is 28.9 Å². The van der Waals surface area contributed by atoms with Gasteiger partial charge >= 0.3 is 0 Å². The van der Waals surface area contributed by atoms with Gasteiger partial charge in [0.2, 0.25) is 5.91 Å². The standard InChI is InChI=1S/C28H35N5OS/c1-6-21-11-7-8-12-23(21)30-25(34)14-16-32-27(22-17-19(4)33(18(2)3)20(22)5)26(31-28(32)35)24-13-9-10-15-29-24/h7-13,15,17-18,26-27H,6,14,16H2,1-5H3,(H,30,34)(H,31,35)/t26-,27+/m0/s1. The Morgan fingerprint density at radius 1 is 1.17 bits per heavy atom. The first-order valence-electron chi connectivity index (χ1n) is 12.4. The van der Waals surface area contributed by atoms with Crippen molar-refractivity contribution in [3.05, 3.63) is 82.9 Å². The minimum atomic E-state index is -0.0892. The second kappa shape index (κ2) is 10.6. The molecule has 3 aromatic rings. The summed E-state index contributed by atoms with van der Waals surface area (Å²) in [6, 6.07) is 16.4. The van der Waals surface area contributed by atoms with Crippen molar-refractivity contribution in [3.8, 4) is 0 Å². The summed E-state index contributed by atoms with van der Waals surface area (Å²) in [7, 11) is 0. The fourth-order valence-electron chi connectivity index (χ4n) is 5.27. The summed E-state index contributed by atoms with van der Waals surface area (Å²) in [4.78, 5) is 19.7. The Morgan fingerprint density at radius 3 is 2.57 bits per heavy atom. The van der Waals surface area contributed by atoms with Crippen LogP contribution < -0.4 is 10.6 Å². The third-order valence-corrected chi connectivity index (χ3v) is 7.16. The maximum atomic E-state index is 12.9. The first kappa shape index (κ1) is 24.9. The number of aryl methyl sites for hydroxylation is 2. The number of carbonyl (C=O) groups is 1. The average molecular weight is 490 g/mol. The third-order valence-electron chi connectivity index (χ3n) is 6.81. The number of nitrogens with one attached hydrogen (secondary N) is 2. The van der Waals surface area contributed by atoms with Crippen LogP contribution in [0.3, 0.4) is 0 Å². The Bertz CT molecular complexity index is 1200. The molecule has 1 fully saturated rings. The van der Waals surface area contributed by atoms with Crippen LogP contribution in [0.25, 0.3) is 0 Å². The highest BCUT2D eigenvalue weighted by atomic mass is 32.1. The quantitative estimate of drug-likeness (QED) is 0.401. The molecule has 6 nitrogen and oxygen atoms in total. The molecule has 35 heavy (non-hydrogen) atoms. The lowest BCUT2D eigenvalue weighted by Gasteiger charge is -2.28. The van der Waals surface area contributed by atoms with Gasteiger partial charge in [0.15, 0.2) is 5.11 Å². The van der Waals surface area contributed by atoms with Gasteiger partial charge in [-0.25, -0.2) is 0 Å². The lowest BCUT2D eigenvalue weighted by Crippen LogP contribution is -2.33. The van der Waals surface area contributed by atoms with Gasteiger partial charge in [-0.3, -0.25) is 9.78 Å². The summed E-state index contributed by atoms with van der Waals surface area (Å²) in [6.45, 7) is 11.3. The molecule has 7 heteroatoms. The zero-order valence-electron chi connectivity index (χ0n) is 21.2. The number of amides is 1. The van der Waals surface area contributed by atoms with Crippen LogP contribution in [-0.4, -0.2) is 32.0 Å². The Kier molecular flexibility index (Phi) is 7.55. The van der Waals surface area contributed by atoms with Crippen LogP contribution in [0, 0.1) is 13.8 Å². The molecule has 3 heterocycles. The molecule has 0 aliphatic carbocycles. The van der Waals surface area contributed by atoms with E-state index in [0.717, 1.165) is 23.4 Å². The minimum absolute atomic E-state index is 0.0126. The van der Waals surface area contributed by atoms with E-state index in [1.807, 2.05) is 48.7 Å². The number of hydrogen-bond acceptors (Lipinski definition) is 3. The second-order valence-corrected chi connectivity index (χ2v) is 9.81. The molecule has 0 saturated carbocycles. The van der Waals surface area contributed by atoms with Gasteiger partial charge in [-0.15, -0.1) is 0 Å². The van der Waals surface area contributed by atoms with E-state index in [0.29, 0.717) is 24.1 Å². The molecule has 1 saturated heterocycles. The van der Waals surface area contributed by atoms with Crippen LogP contribution in [0.5, 0.6) is 0 Å². The minimum Gasteiger partial charge on any atom is -0.352 e. The number of para-hydroxylation sites is 1. The van der Waals surface area contributed by atoms with Crippen LogP contribution in [0.2, 0.25) is 0 Å². The van der Waals surface area contributed by atoms with E-state index in [2.05, 4.69) is 65.8 Å². The molecule has 1 aliphatic rings. The summed E-state index contributed by atoms with van der Waals surface area (Å²) in [6.07, 6.45) is 3.03. The average Bonchev–Trinajstić information content (AvgIpc) is 3.33. The van der Waals surface area contributed by atoms with E-state index in [1.54, 1.807) is 0 Å². The Labute approximate surface area is 213 Å². The smallest absolute Gasteiger partial charge is 0.226 e. The number of aromatic nitrogens is 2. The maximum absolute atomic E-state index is 12.9. The summed E-state index contributed by atoms with van der Waals surface area (Å²) < 4.78 is 2.36. The van der Waals surface area contributed by atoms with E-state index in [9.17, 15) is 4.79 Å². The summed E-state index contributed by atoms with van der Waals surface area (Å²) in [5, 5.41) is 7.25. The molecule has 0 unspecified atom stereocenters. The third kappa shape index (κ3) is 5.10. The van der Waals surface area contributed by atoms with Gasteiger partial charge in [-0.05, 0) is 81.7 Å². The second-order valence-electron chi connectivity index (χ2n) is 9.42. The fraction of sp³-hybridized carbons (Fsp3) is 0.393. The molecule has 2 aromatic heterocycles. The molecule has 184 valence electrons. The molecule has 2 N–H and O–H groups in total. The number of hydrogen-bond donors (Lipinski definition) is 2. The van der Waals surface area contributed by atoms with Gasteiger partial charge in [0.05, 0.1) is 17.8 Å².